The number of carbonyl (C=O) groups excluding carboxylic acids is 1. The maximum absolute atomic E-state index is 12.9. The number of carbonyl (C=O) groups is 1. The number of aromatic nitrogens is 3. The van der Waals surface area contributed by atoms with Gasteiger partial charge in [0.25, 0.3) is 5.56 Å². The molecular formula is C19H16F3N3O4. The van der Waals surface area contributed by atoms with E-state index in [-0.39, 0.29) is 16.7 Å². The van der Waals surface area contributed by atoms with Crippen LogP contribution in [0.25, 0.3) is 11.0 Å². The van der Waals surface area contributed by atoms with Crippen LogP contribution in [0.4, 0.5) is 13.2 Å². The maximum atomic E-state index is 12.9. The molecule has 0 atom stereocenters. The summed E-state index contributed by atoms with van der Waals surface area (Å²) in [5, 5.41) is -0.205. The van der Waals surface area contributed by atoms with Gasteiger partial charge >= 0.3 is 11.9 Å². The Morgan fingerprint density at radius 3 is 2.48 bits per heavy atom. The molecule has 3 rings (SSSR count). The second kappa shape index (κ2) is 7.19. The molecule has 0 aliphatic heterocycles. The van der Waals surface area contributed by atoms with E-state index in [1.807, 2.05) is 0 Å². The Hall–Kier alpha value is -3.43. The first-order chi connectivity index (χ1) is 13.5. The first kappa shape index (κ1) is 20.3. The van der Waals surface area contributed by atoms with E-state index < -0.39 is 41.1 Å². The molecule has 29 heavy (non-hydrogen) atoms. The number of halogens is 3. The van der Waals surface area contributed by atoms with Crippen molar-refractivity contribution in [2.75, 3.05) is 7.11 Å². The van der Waals surface area contributed by atoms with Crippen LogP contribution in [0.1, 0.15) is 21.6 Å². The van der Waals surface area contributed by atoms with Crippen molar-refractivity contribution < 1.29 is 22.7 Å². The zero-order valence-electron chi connectivity index (χ0n) is 15.7. The van der Waals surface area contributed by atoms with Crippen molar-refractivity contribution in [2.45, 2.75) is 19.6 Å². The van der Waals surface area contributed by atoms with Crippen molar-refractivity contribution >= 4 is 16.8 Å². The van der Waals surface area contributed by atoms with Crippen LogP contribution in [0.2, 0.25) is 0 Å². The molecule has 0 radical (unpaired) electrons. The Bertz CT molecular complexity index is 1240. The molecule has 10 heteroatoms. The van der Waals surface area contributed by atoms with Crippen LogP contribution in [-0.4, -0.2) is 27.0 Å². The molecule has 0 saturated carbocycles. The van der Waals surface area contributed by atoms with Crippen LogP contribution in [0.5, 0.6) is 5.75 Å². The average molecular weight is 407 g/mol. The number of hydrogen-bond acceptors (Lipinski definition) is 5. The van der Waals surface area contributed by atoms with Crippen LogP contribution in [-0.2, 0) is 19.8 Å². The minimum absolute atomic E-state index is 0.187. The number of hydrogen-bond donors (Lipinski definition) is 0. The third-order valence-electron chi connectivity index (χ3n) is 4.43. The second-order valence-electron chi connectivity index (χ2n) is 6.43. The van der Waals surface area contributed by atoms with Crippen LogP contribution in [0, 0.1) is 6.92 Å². The van der Waals surface area contributed by atoms with E-state index in [9.17, 15) is 27.6 Å². The van der Waals surface area contributed by atoms with Gasteiger partial charge in [-0.1, -0.05) is 11.6 Å². The number of fused-ring (bicyclic) bond motifs is 1. The summed E-state index contributed by atoms with van der Waals surface area (Å²) in [6.45, 7) is 1.17. The topological polar surface area (TPSA) is 83.2 Å². The fourth-order valence-electron chi connectivity index (χ4n) is 2.94. The van der Waals surface area contributed by atoms with Crippen molar-refractivity contribution in [1.29, 1.82) is 0 Å². The van der Waals surface area contributed by atoms with Gasteiger partial charge in [-0.05, 0) is 31.2 Å². The predicted molar refractivity (Wildman–Crippen MR) is 98.3 cm³/mol. The fraction of sp³-hybridized carbons (Fsp3) is 0.263. The summed E-state index contributed by atoms with van der Waals surface area (Å²) >= 11 is 0. The largest absolute Gasteiger partial charge is 0.496 e. The number of Topliss-reactive ketones (excluding diaryl/α,β-unsaturated/α-hetero) is 1. The number of pyridine rings is 1. The number of ketones is 1. The van der Waals surface area contributed by atoms with Crippen molar-refractivity contribution in [3.63, 3.8) is 0 Å². The lowest BCUT2D eigenvalue weighted by atomic mass is 10.1. The lowest BCUT2D eigenvalue weighted by molar-refractivity contribution is -0.141. The zero-order chi connectivity index (χ0) is 21.5. The molecule has 1 aromatic carbocycles. The third kappa shape index (κ3) is 3.65. The molecule has 0 unspecified atom stereocenters. The summed E-state index contributed by atoms with van der Waals surface area (Å²) in [6.07, 6.45) is -4.73. The number of ether oxygens (including phenoxy) is 1. The SMILES string of the molecule is COc1ccc(C)cc1C(=O)Cn1c(=O)c2ccc(C(F)(F)F)nc2n(C)c1=O. The quantitative estimate of drug-likeness (QED) is 0.620. The van der Waals surface area contributed by atoms with Gasteiger partial charge in [-0.2, -0.15) is 13.2 Å². The van der Waals surface area contributed by atoms with Gasteiger partial charge in [0, 0.05) is 7.05 Å². The molecule has 0 fully saturated rings. The van der Waals surface area contributed by atoms with Crippen LogP contribution < -0.4 is 16.0 Å². The Kier molecular flexibility index (Phi) is 5.04. The Morgan fingerprint density at radius 2 is 1.86 bits per heavy atom. The molecule has 0 aliphatic rings. The van der Waals surface area contributed by atoms with E-state index >= 15 is 0 Å². The molecule has 152 valence electrons. The molecule has 0 bridgehead atoms. The lowest BCUT2D eigenvalue weighted by Gasteiger charge is -2.13. The number of methoxy groups -OCH3 is 1. The summed E-state index contributed by atoms with van der Waals surface area (Å²) in [7, 11) is 2.57. The molecule has 0 amide bonds. The van der Waals surface area contributed by atoms with Crippen LogP contribution >= 0.6 is 0 Å². The Balaban J connectivity index is 2.14. The summed E-state index contributed by atoms with van der Waals surface area (Å²) < 4.78 is 45.3. The second-order valence-corrected chi connectivity index (χ2v) is 6.43. The van der Waals surface area contributed by atoms with E-state index in [1.54, 1.807) is 25.1 Å². The number of alkyl halides is 3. The molecule has 2 aromatic heterocycles. The van der Waals surface area contributed by atoms with Gasteiger partial charge in [0.05, 0.1) is 24.6 Å². The van der Waals surface area contributed by atoms with Gasteiger partial charge < -0.3 is 4.74 Å². The standard InChI is InChI=1S/C19H16F3N3O4/c1-10-4-6-14(29-3)12(8-10)13(26)9-25-17(27)11-5-7-15(19(20,21)22)23-16(11)24(2)18(25)28/h4-8H,9H2,1-3H3. The molecule has 3 aromatic rings. The minimum Gasteiger partial charge on any atom is -0.496 e. The van der Waals surface area contributed by atoms with Gasteiger partial charge in [0.15, 0.2) is 5.78 Å². The smallest absolute Gasteiger partial charge is 0.433 e. The summed E-state index contributed by atoms with van der Waals surface area (Å²) in [4.78, 5) is 41.4. The summed E-state index contributed by atoms with van der Waals surface area (Å²) in [5.74, 6) is -0.272. The highest BCUT2D eigenvalue weighted by Gasteiger charge is 2.33. The zero-order valence-corrected chi connectivity index (χ0v) is 15.7. The number of aryl methyl sites for hydroxylation is 2. The van der Waals surface area contributed by atoms with Crippen LogP contribution in [0.15, 0.2) is 39.9 Å². The first-order valence-electron chi connectivity index (χ1n) is 8.40. The van der Waals surface area contributed by atoms with E-state index in [0.717, 1.165) is 16.2 Å². The van der Waals surface area contributed by atoms with Gasteiger partial charge in [0.2, 0.25) is 0 Å². The minimum atomic E-state index is -4.73. The van der Waals surface area contributed by atoms with Crippen molar-refractivity contribution in [2.24, 2.45) is 7.05 Å². The normalized spacial score (nSPS) is 11.7. The molecule has 0 N–H and O–H groups in total. The maximum Gasteiger partial charge on any atom is 0.433 e. The number of nitrogens with zero attached hydrogens (tertiary/aromatic N) is 3. The molecule has 7 nitrogen and oxygen atoms in total. The fourth-order valence-corrected chi connectivity index (χ4v) is 2.94. The Labute approximate surface area is 162 Å². The highest BCUT2D eigenvalue weighted by molar-refractivity contribution is 5.98. The molecular weight excluding hydrogens is 391 g/mol. The van der Waals surface area contributed by atoms with Gasteiger partial charge in [-0.15, -0.1) is 0 Å². The van der Waals surface area contributed by atoms with E-state index in [4.69, 9.17) is 4.74 Å². The van der Waals surface area contributed by atoms with Crippen molar-refractivity contribution in [3.8, 4) is 5.75 Å². The number of rotatable bonds is 4. The van der Waals surface area contributed by atoms with E-state index in [1.165, 1.54) is 14.2 Å². The lowest BCUT2D eigenvalue weighted by Crippen LogP contribution is -2.41. The highest BCUT2D eigenvalue weighted by atomic mass is 19.4. The first-order valence-corrected chi connectivity index (χ1v) is 8.40. The average Bonchev–Trinajstić information content (AvgIpc) is 2.68. The number of benzene rings is 1. The summed E-state index contributed by atoms with van der Waals surface area (Å²) in [5.41, 5.74) is -2.52. The van der Waals surface area contributed by atoms with Crippen molar-refractivity contribution in [3.05, 3.63) is 68.0 Å². The summed E-state index contributed by atoms with van der Waals surface area (Å²) in [6, 6.07) is 6.49. The third-order valence-corrected chi connectivity index (χ3v) is 4.43. The van der Waals surface area contributed by atoms with Crippen LogP contribution in [0.3, 0.4) is 0 Å². The van der Waals surface area contributed by atoms with E-state index in [2.05, 4.69) is 4.98 Å². The molecule has 0 aliphatic carbocycles. The molecule has 0 spiro atoms. The van der Waals surface area contributed by atoms with Gasteiger partial charge in [-0.3, -0.25) is 18.7 Å². The molecule has 0 saturated heterocycles. The Morgan fingerprint density at radius 1 is 1.17 bits per heavy atom. The van der Waals surface area contributed by atoms with E-state index in [0.29, 0.717) is 10.6 Å². The monoisotopic (exact) mass is 407 g/mol. The van der Waals surface area contributed by atoms with Crippen molar-refractivity contribution in [1.82, 2.24) is 14.1 Å². The predicted octanol–water partition coefficient (Wildman–Crippen LogP) is 2.31. The highest BCUT2D eigenvalue weighted by Crippen LogP contribution is 2.28. The molecule has 2 heterocycles. The van der Waals surface area contributed by atoms with Gasteiger partial charge in [0.1, 0.15) is 17.1 Å². The van der Waals surface area contributed by atoms with Gasteiger partial charge in [-0.25, -0.2) is 9.78 Å².